The second-order valence-electron chi connectivity index (χ2n) is 5.61. The fraction of sp³-hybridized carbons (Fsp3) is 0.150. The smallest absolute Gasteiger partial charge is 0.338 e. The third-order valence-electron chi connectivity index (χ3n) is 3.61. The van der Waals surface area contributed by atoms with Gasteiger partial charge in [0.05, 0.1) is 18.4 Å². The van der Waals surface area contributed by atoms with Gasteiger partial charge in [0.1, 0.15) is 17.3 Å². The molecular formula is C20H18N2O5. The third kappa shape index (κ3) is 4.52. The summed E-state index contributed by atoms with van der Waals surface area (Å²) < 4.78 is 15.9. The van der Waals surface area contributed by atoms with Gasteiger partial charge in [0.2, 0.25) is 0 Å². The van der Waals surface area contributed by atoms with Gasteiger partial charge >= 0.3 is 11.9 Å². The van der Waals surface area contributed by atoms with Gasteiger partial charge in [-0.25, -0.2) is 10.2 Å². The molecule has 2 aromatic heterocycles. The van der Waals surface area contributed by atoms with Gasteiger partial charge in [0.25, 0.3) is 0 Å². The van der Waals surface area contributed by atoms with Crippen LogP contribution in [0, 0.1) is 6.92 Å². The van der Waals surface area contributed by atoms with E-state index in [0.717, 1.165) is 5.56 Å². The normalized spacial score (nSPS) is 10.9. The second kappa shape index (κ2) is 8.18. The van der Waals surface area contributed by atoms with Crippen molar-refractivity contribution in [3.05, 3.63) is 71.4 Å². The predicted octanol–water partition coefficient (Wildman–Crippen LogP) is 3.79. The van der Waals surface area contributed by atoms with Crippen molar-refractivity contribution in [1.29, 1.82) is 0 Å². The number of carbonyl (C=O) groups is 2. The lowest BCUT2D eigenvalue weighted by Gasteiger charge is -2.03. The minimum Gasteiger partial charge on any atom is -0.462 e. The number of benzene rings is 1. The van der Waals surface area contributed by atoms with E-state index in [1.54, 1.807) is 56.3 Å². The van der Waals surface area contributed by atoms with Crippen molar-refractivity contribution in [2.24, 2.45) is 5.10 Å². The summed E-state index contributed by atoms with van der Waals surface area (Å²) in [6.07, 6.45) is 1.38. The molecule has 0 unspecified atom stereocenters. The van der Waals surface area contributed by atoms with Crippen LogP contribution in [0.5, 0.6) is 0 Å². The Morgan fingerprint density at radius 3 is 2.74 bits per heavy atom. The molecule has 0 aliphatic heterocycles. The summed E-state index contributed by atoms with van der Waals surface area (Å²) >= 11 is 0. The quantitative estimate of drug-likeness (QED) is 0.407. The van der Waals surface area contributed by atoms with Crippen LogP contribution in [-0.4, -0.2) is 24.7 Å². The van der Waals surface area contributed by atoms with Crippen LogP contribution in [0.1, 0.15) is 39.4 Å². The molecule has 0 aliphatic carbocycles. The van der Waals surface area contributed by atoms with Gasteiger partial charge < -0.3 is 13.6 Å². The number of amides is 1. The molecule has 0 fully saturated rings. The van der Waals surface area contributed by atoms with Crippen LogP contribution in [0.2, 0.25) is 0 Å². The molecule has 7 nitrogen and oxygen atoms in total. The summed E-state index contributed by atoms with van der Waals surface area (Å²) in [5.74, 6) is 1.00. The van der Waals surface area contributed by atoms with E-state index in [1.807, 2.05) is 6.07 Å². The molecule has 0 aliphatic rings. The number of hydrogen-bond acceptors (Lipinski definition) is 6. The monoisotopic (exact) mass is 366 g/mol. The molecule has 0 bridgehead atoms. The Hall–Kier alpha value is -3.61. The van der Waals surface area contributed by atoms with Gasteiger partial charge in [-0.2, -0.15) is 5.10 Å². The third-order valence-corrected chi connectivity index (χ3v) is 3.61. The van der Waals surface area contributed by atoms with Gasteiger partial charge in [0, 0.05) is 5.56 Å². The van der Waals surface area contributed by atoms with Crippen LogP contribution < -0.4 is 5.43 Å². The Bertz CT molecular complexity index is 984. The fourth-order valence-electron chi connectivity index (χ4n) is 2.36. The molecule has 3 rings (SSSR count). The second-order valence-corrected chi connectivity index (χ2v) is 5.61. The van der Waals surface area contributed by atoms with E-state index in [9.17, 15) is 9.59 Å². The fourth-order valence-corrected chi connectivity index (χ4v) is 2.36. The number of hydrazone groups is 1. The maximum absolute atomic E-state index is 11.8. The highest BCUT2D eigenvalue weighted by molar-refractivity contribution is 5.92. The van der Waals surface area contributed by atoms with Gasteiger partial charge in [0.15, 0.2) is 5.76 Å². The van der Waals surface area contributed by atoms with E-state index in [1.165, 1.54) is 6.21 Å². The van der Waals surface area contributed by atoms with Crippen molar-refractivity contribution in [2.75, 3.05) is 6.61 Å². The number of nitrogens with zero attached hydrogens (tertiary/aromatic N) is 1. The lowest BCUT2D eigenvalue weighted by atomic mass is 10.1. The number of furan rings is 2. The first kappa shape index (κ1) is 18.2. The number of ether oxygens (including phenoxy) is 1. The van der Waals surface area contributed by atoms with Gasteiger partial charge in [-0.3, -0.25) is 4.79 Å². The molecule has 7 heteroatoms. The van der Waals surface area contributed by atoms with Crippen molar-refractivity contribution in [3.8, 4) is 11.3 Å². The summed E-state index contributed by atoms with van der Waals surface area (Å²) in [6.45, 7) is 3.82. The lowest BCUT2D eigenvalue weighted by molar-refractivity contribution is 0.0526. The van der Waals surface area contributed by atoms with E-state index in [-0.39, 0.29) is 11.7 Å². The zero-order valence-corrected chi connectivity index (χ0v) is 14.9. The van der Waals surface area contributed by atoms with Crippen LogP contribution in [-0.2, 0) is 4.74 Å². The molecule has 1 N–H and O–H groups in total. The molecule has 27 heavy (non-hydrogen) atoms. The molecule has 1 amide bonds. The largest absolute Gasteiger partial charge is 0.462 e. The number of esters is 1. The van der Waals surface area contributed by atoms with Crippen LogP contribution >= 0.6 is 0 Å². The highest BCUT2D eigenvalue weighted by Gasteiger charge is 2.11. The molecule has 0 radical (unpaired) electrons. The Kier molecular flexibility index (Phi) is 5.51. The van der Waals surface area contributed by atoms with Crippen LogP contribution in [0.3, 0.4) is 0 Å². The predicted molar refractivity (Wildman–Crippen MR) is 98.6 cm³/mol. The van der Waals surface area contributed by atoms with Crippen molar-refractivity contribution < 1.29 is 23.2 Å². The molecule has 0 spiro atoms. The van der Waals surface area contributed by atoms with Gasteiger partial charge in [-0.05, 0) is 50.2 Å². The number of hydrogen-bond donors (Lipinski definition) is 1. The minimum absolute atomic E-state index is 0.181. The maximum Gasteiger partial charge on any atom is 0.338 e. The van der Waals surface area contributed by atoms with E-state index >= 15 is 0 Å². The van der Waals surface area contributed by atoms with E-state index in [2.05, 4.69) is 10.5 Å². The van der Waals surface area contributed by atoms with Gasteiger partial charge in [-0.15, -0.1) is 0 Å². The van der Waals surface area contributed by atoms with E-state index < -0.39 is 5.91 Å². The van der Waals surface area contributed by atoms with Gasteiger partial charge in [-0.1, -0.05) is 12.1 Å². The Morgan fingerprint density at radius 2 is 2.00 bits per heavy atom. The Balaban J connectivity index is 1.67. The molecule has 138 valence electrons. The summed E-state index contributed by atoms with van der Waals surface area (Å²) in [4.78, 5) is 23.7. The minimum atomic E-state index is -0.451. The SMILES string of the molecule is CCOC(=O)c1cccc(-c2ccc(/C=N\NC(=O)c3ccc(C)o3)o2)c1. The first-order chi connectivity index (χ1) is 13.1. The molecule has 0 atom stereocenters. The molecule has 1 aromatic carbocycles. The standard InChI is InChI=1S/C20H18N2O5/c1-3-25-20(24)15-6-4-5-14(11-15)17-10-8-16(27-17)12-21-22-19(23)18-9-7-13(2)26-18/h4-12H,3H2,1-2H3,(H,22,23)/b21-12-. The summed E-state index contributed by atoms with van der Waals surface area (Å²) in [6, 6.07) is 13.7. The van der Waals surface area contributed by atoms with Crippen LogP contribution in [0.15, 0.2) is 62.5 Å². The van der Waals surface area contributed by atoms with Crippen molar-refractivity contribution >= 4 is 18.1 Å². The summed E-state index contributed by atoms with van der Waals surface area (Å²) in [5, 5.41) is 3.85. The van der Waals surface area contributed by atoms with Crippen molar-refractivity contribution in [3.63, 3.8) is 0 Å². The molecule has 0 saturated heterocycles. The molecular weight excluding hydrogens is 348 g/mol. The summed E-state index contributed by atoms with van der Waals surface area (Å²) in [7, 11) is 0. The summed E-state index contributed by atoms with van der Waals surface area (Å²) in [5.41, 5.74) is 3.54. The first-order valence-corrected chi connectivity index (χ1v) is 8.34. The molecule has 3 aromatic rings. The zero-order valence-electron chi connectivity index (χ0n) is 14.9. The Morgan fingerprint density at radius 1 is 1.15 bits per heavy atom. The first-order valence-electron chi connectivity index (χ1n) is 8.34. The average Bonchev–Trinajstić information content (AvgIpc) is 3.31. The van der Waals surface area contributed by atoms with Crippen LogP contribution in [0.25, 0.3) is 11.3 Å². The van der Waals surface area contributed by atoms with E-state index in [0.29, 0.717) is 29.5 Å². The number of rotatable bonds is 6. The number of carbonyl (C=O) groups excluding carboxylic acids is 2. The van der Waals surface area contributed by atoms with Crippen molar-refractivity contribution in [2.45, 2.75) is 13.8 Å². The maximum atomic E-state index is 11.8. The molecule has 2 heterocycles. The number of aryl methyl sites for hydroxylation is 1. The average molecular weight is 366 g/mol. The topological polar surface area (TPSA) is 94.0 Å². The lowest BCUT2D eigenvalue weighted by Crippen LogP contribution is -2.16. The zero-order chi connectivity index (χ0) is 19.2. The van der Waals surface area contributed by atoms with Crippen LogP contribution in [0.4, 0.5) is 0 Å². The molecule has 0 saturated carbocycles. The Labute approximate surface area is 155 Å². The highest BCUT2D eigenvalue weighted by atomic mass is 16.5. The number of nitrogens with one attached hydrogen (secondary N) is 1. The van der Waals surface area contributed by atoms with E-state index in [4.69, 9.17) is 13.6 Å². The highest BCUT2D eigenvalue weighted by Crippen LogP contribution is 2.23. The van der Waals surface area contributed by atoms with Crippen molar-refractivity contribution in [1.82, 2.24) is 5.43 Å².